The Balaban J connectivity index is 1.90. The summed E-state index contributed by atoms with van der Waals surface area (Å²) in [4.78, 5) is 16.0. The average molecular weight is 475 g/mol. The van der Waals surface area contributed by atoms with Crippen molar-refractivity contribution in [1.29, 1.82) is 4.78 Å². The summed E-state index contributed by atoms with van der Waals surface area (Å²) in [5, 5.41) is 4.49. The maximum absolute atomic E-state index is 13.3. The maximum atomic E-state index is 13.3. The Labute approximate surface area is 194 Å². The molecule has 4 rings (SSSR count). The molecule has 3 aromatic rings. The highest BCUT2D eigenvalue weighted by Crippen LogP contribution is 2.39. The summed E-state index contributed by atoms with van der Waals surface area (Å²) in [6.45, 7) is 5.51. The third kappa shape index (κ3) is 4.08. The summed E-state index contributed by atoms with van der Waals surface area (Å²) in [7, 11) is -1.54. The molecule has 0 amide bonds. The minimum absolute atomic E-state index is 0.105. The smallest absolute Gasteiger partial charge is 0.274 e. The second-order valence-electron chi connectivity index (χ2n) is 9.45. The lowest BCUT2D eigenvalue weighted by Crippen LogP contribution is -2.26. The van der Waals surface area contributed by atoms with Crippen LogP contribution in [-0.2, 0) is 16.8 Å². The number of halogens is 1. The molecule has 0 bridgehead atoms. The number of nitrogens with one attached hydrogen (secondary N) is 3. The molecule has 3 N–H and O–H groups in total. The second kappa shape index (κ2) is 8.27. The van der Waals surface area contributed by atoms with Crippen LogP contribution in [0.2, 0.25) is 0 Å². The van der Waals surface area contributed by atoms with Crippen molar-refractivity contribution in [3.8, 4) is 11.1 Å². The number of hydrogen-bond acceptors (Lipinski definition) is 4. The highest BCUT2D eigenvalue weighted by Gasteiger charge is 2.31. The Morgan fingerprint density at radius 1 is 1.19 bits per heavy atom. The van der Waals surface area contributed by atoms with Crippen LogP contribution in [0.4, 0.5) is 5.69 Å². The number of aromatic nitrogens is 2. The molecule has 1 fully saturated rings. The van der Waals surface area contributed by atoms with E-state index in [0.29, 0.717) is 16.5 Å². The van der Waals surface area contributed by atoms with Crippen molar-refractivity contribution in [3.63, 3.8) is 0 Å². The minimum atomic E-state index is -3.26. The van der Waals surface area contributed by atoms with Gasteiger partial charge in [-0.15, -0.1) is 11.6 Å². The summed E-state index contributed by atoms with van der Waals surface area (Å²) in [5.41, 5.74) is 3.00. The normalized spacial score (nSPS) is 21.4. The van der Waals surface area contributed by atoms with E-state index in [0.717, 1.165) is 41.0 Å². The van der Waals surface area contributed by atoms with Gasteiger partial charge in [0.05, 0.1) is 9.73 Å². The largest absolute Gasteiger partial charge is 0.382 e. The van der Waals surface area contributed by atoms with Crippen LogP contribution in [0.25, 0.3) is 22.0 Å². The fourth-order valence-electron chi connectivity index (χ4n) is 4.44. The van der Waals surface area contributed by atoms with E-state index in [2.05, 4.69) is 17.2 Å². The first kappa shape index (κ1) is 22.9. The lowest BCUT2D eigenvalue weighted by Gasteiger charge is -2.29. The van der Waals surface area contributed by atoms with E-state index in [4.69, 9.17) is 16.4 Å². The number of hydrogen-bond donors (Lipinski definition) is 3. The Kier molecular flexibility index (Phi) is 5.92. The molecular weight excluding hydrogens is 444 g/mol. The molecule has 0 saturated heterocycles. The summed E-state index contributed by atoms with van der Waals surface area (Å²) in [5.74, 6) is 0.747. The van der Waals surface area contributed by atoms with Crippen molar-refractivity contribution in [1.82, 2.24) is 9.55 Å². The van der Waals surface area contributed by atoms with E-state index < -0.39 is 13.9 Å². The van der Waals surface area contributed by atoms with Crippen molar-refractivity contribution in [2.75, 3.05) is 5.32 Å². The molecule has 6 nitrogen and oxygen atoms in total. The van der Waals surface area contributed by atoms with Gasteiger partial charge >= 0.3 is 0 Å². The van der Waals surface area contributed by atoms with Gasteiger partial charge in [0.15, 0.2) is 0 Å². The van der Waals surface area contributed by atoms with Gasteiger partial charge < -0.3 is 14.9 Å². The van der Waals surface area contributed by atoms with Crippen LogP contribution in [0.3, 0.4) is 0 Å². The third-order valence-corrected chi connectivity index (χ3v) is 9.50. The van der Waals surface area contributed by atoms with Crippen LogP contribution < -0.4 is 10.9 Å². The molecule has 8 heteroatoms. The number of benzene rings is 1. The Bertz CT molecular complexity index is 1310. The first-order valence-electron chi connectivity index (χ1n) is 11.0. The van der Waals surface area contributed by atoms with E-state index in [9.17, 15) is 9.00 Å². The molecule has 1 atom stereocenters. The van der Waals surface area contributed by atoms with Crippen LogP contribution in [0.5, 0.6) is 0 Å². The molecule has 0 spiro atoms. The molecule has 2 heterocycles. The van der Waals surface area contributed by atoms with E-state index in [1.165, 1.54) is 12.8 Å². The maximum Gasteiger partial charge on any atom is 0.274 e. The van der Waals surface area contributed by atoms with Gasteiger partial charge in [0.25, 0.3) is 5.56 Å². The highest BCUT2D eigenvalue weighted by molar-refractivity contribution is 7.95. The third-order valence-electron chi connectivity index (χ3n) is 6.57. The Hall–Kier alpha value is -2.25. The lowest BCUT2D eigenvalue weighted by molar-refractivity contribution is 0.361. The number of alkyl halides is 1. The molecule has 1 aliphatic rings. The number of aryl methyl sites for hydroxylation is 1. The van der Waals surface area contributed by atoms with Gasteiger partial charge in [-0.05, 0) is 69.7 Å². The van der Waals surface area contributed by atoms with Crippen molar-refractivity contribution in [3.05, 3.63) is 47.0 Å². The fraction of sp³-hybridized carbons (Fsp3) is 0.458. The van der Waals surface area contributed by atoms with E-state index in [1.54, 1.807) is 43.8 Å². The lowest BCUT2D eigenvalue weighted by atomic mass is 9.87. The number of anilines is 1. The van der Waals surface area contributed by atoms with Gasteiger partial charge in [-0.2, -0.15) is 0 Å². The molecule has 2 aromatic heterocycles. The number of pyridine rings is 1. The predicted molar refractivity (Wildman–Crippen MR) is 133 cm³/mol. The summed E-state index contributed by atoms with van der Waals surface area (Å²) >= 11 is 6.36. The number of H-pyrrole nitrogens is 1. The van der Waals surface area contributed by atoms with Crippen molar-refractivity contribution < 1.29 is 4.21 Å². The SMILES string of the molecule is Cn1cc(-c2cc(S(=N)(=O)C(C)(C)Cl)ccc2N[C@H]2CC[C@H](C)CC2)c2cc[nH]c2c1=O. The zero-order valence-corrected chi connectivity index (χ0v) is 20.6. The van der Waals surface area contributed by atoms with Crippen LogP contribution in [-0.4, -0.2) is 24.0 Å². The topological polar surface area (TPSA) is 90.7 Å². The summed E-state index contributed by atoms with van der Waals surface area (Å²) < 4.78 is 22.2. The molecule has 1 aromatic carbocycles. The van der Waals surface area contributed by atoms with Gasteiger partial charge in [0.2, 0.25) is 0 Å². The summed E-state index contributed by atoms with van der Waals surface area (Å²) in [6, 6.07) is 7.69. The van der Waals surface area contributed by atoms with Gasteiger partial charge in [0, 0.05) is 52.6 Å². The van der Waals surface area contributed by atoms with E-state index in [-0.39, 0.29) is 5.56 Å². The number of fused-ring (bicyclic) bond motifs is 1. The number of nitrogens with zero attached hydrogens (tertiary/aromatic N) is 1. The highest BCUT2D eigenvalue weighted by atomic mass is 35.5. The first-order chi connectivity index (χ1) is 15.0. The zero-order chi connectivity index (χ0) is 23.3. The average Bonchev–Trinajstić information content (AvgIpc) is 3.22. The quantitative estimate of drug-likeness (QED) is 0.402. The summed E-state index contributed by atoms with van der Waals surface area (Å²) in [6.07, 6.45) is 8.13. The molecule has 1 saturated carbocycles. The van der Waals surface area contributed by atoms with Crippen molar-refractivity contribution in [2.45, 2.75) is 61.6 Å². The standard InChI is InChI=1S/C24H31ClN4O2S/c1-15-5-7-16(8-6-15)28-21-10-9-17(32(26,31)24(2,3)25)13-19(21)20-14-29(4)23(30)22-18(20)11-12-27-22/h9-16,26-28H,5-8H2,1-4H3/t15-,16-,32?. The molecule has 32 heavy (non-hydrogen) atoms. The predicted octanol–water partition coefficient (Wildman–Crippen LogP) is 5.90. The van der Waals surface area contributed by atoms with Crippen molar-refractivity contribution >= 4 is 37.9 Å². The van der Waals surface area contributed by atoms with Crippen LogP contribution >= 0.6 is 11.6 Å². The number of aromatic amines is 1. The molecular formula is C24H31ClN4O2S. The van der Waals surface area contributed by atoms with E-state index >= 15 is 0 Å². The first-order valence-corrected chi connectivity index (χ1v) is 13.0. The molecule has 1 unspecified atom stereocenters. The zero-order valence-electron chi connectivity index (χ0n) is 19.0. The van der Waals surface area contributed by atoms with Gasteiger partial charge in [0.1, 0.15) is 9.72 Å². The molecule has 172 valence electrons. The van der Waals surface area contributed by atoms with E-state index in [1.807, 2.05) is 18.3 Å². The van der Waals surface area contributed by atoms with Crippen molar-refractivity contribution in [2.24, 2.45) is 13.0 Å². The van der Waals surface area contributed by atoms with Gasteiger partial charge in [-0.1, -0.05) is 6.92 Å². The molecule has 1 aliphatic carbocycles. The van der Waals surface area contributed by atoms with Crippen LogP contribution in [0.15, 0.2) is 46.3 Å². The monoisotopic (exact) mass is 474 g/mol. The molecule has 0 aliphatic heterocycles. The number of rotatable bonds is 5. The minimum Gasteiger partial charge on any atom is -0.382 e. The fourth-order valence-corrected chi connectivity index (χ4v) is 5.81. The van der Waals surface area contributed by atoms with Gasteiger partial charge in [-0.3, -0.25) is 4.79 Å². The second-order valence-corrected chi connectivity index (χ2v) is 13.2. The van der Waals surface area contributed by atoms with Crippen LogP contribution in [0, 0.1) is 10.7 Å². The Morgan fingerprint density at radius 2 is 1.88 bits per heavy atom. The van der Waals surface area contributed by atoms with Crippen LogP contribution in [0.1, 0.15) is 46.5 Å². The Morgan fingerprint density at radius 3 is 2.53 bits per heavy atom. The molecule has 0 radical (unpaired) electrons. The van der Waals surface area contributed by atoms with Gasteiger partial charge in [-0.25, -0.2) is 8.99 Å².